The van der Waals surface area contributed by atoms with Crippen LogP contribution in [0, 0.1) is 23.1 Å². The van der Waals surface area contributed by atoms with E-state index < -0.39 is 41.2 Å². The van der Waals surface area contributed by atoms with Gasteiger partial charge in [-0.15, -0.1) is 0 Å². The Morgan fingerprint density at radius 1 is 1.16 bits per heavy atom. The minimum Gasteiger partial charge on any atom is -0.461 e. The highest BCUT2D eigenvalue weighted by Crippen LogP contribution is 2.57. The topological polar surface area (TPSA) is 111 Å². The number of carbonyl (C=O) groups excluding carboxylic acids is 3. The van der Waals surface area contributed by atoms with Gasteiger partial charge in [-0.1, -0.05) is 76.0 Å². The Morgan fingerprint density at radius 3 is 2.57 bits per heavy atom. The van der Waals surface area contributed by atoms with E-state index in [4.69, 9.17) is 33.7 Å². The number of halogens is 3. The largest absolute Gasteiger partial charge is 0.461 e. The van der Waals surface area contributed by atoms with E-state index in [-0.39, 0.29) is 52.1 Å². The molecule has 2 heterocycles. The van der Waals surface area contributed by atoms with E-state index in [1.807, 2.05) is 19.9 Å². The molecule has 7 nitrogen and oxygen atoms in total. The lowest BCUT2D eigenvalue weighted by molar-refractivity contribution is -0.151. The molecule has 1 saturated carbocycles. The van der Waals surface area contributed by atoms with Crippen molar-refractivity contribution in [1.29, 1.82) is 0 Å². The van der Waals surface area contributed by atoms with Gasteiger partial charge in [0.15, 0.2) is 5.78 Å². The summed E-state index contributed by atoms with van der Waals surface area (Å²) in [5.41, 5.74) is 5.92. The first-order valence-corrected chi connectivity index (χ1v) is 16.2. The van der Waals surface area contributed by atoms with E-state index in [1.54, 1.807) is 24.3 Å². The zero-order chi connectivity index (χ0) is 32.1. The standard InChI is InChI=1S/C34H42Cl2FN3O4/c1-17(2)29(38)31(42)44-20-11-9-18(13-20)14-25(41)30-27(21-7-6-8-23(36)28(21)37)34(26(40-30)16-33(3,4)5)22-12-10-19(35)15-24(22)39-32(34)43/h6-8,10,12,15,17-18,20,26-27,29-30,40H,9,11,13-14,16,38H2,1-5H3,(H,39,43)/t18?,20-,26-,27+,29?,30+,34+/m1/s1. The van der Waals surface area contributed by atoms with E-state index in [1.165, 1.54) is 6.07 Å². The van der Waals surface area contributed by atoms with Crippen LogP contribution in [0.3, 0.4) is 0 Å². The Kier molecular flexibility index (Phi) is 9.22. The Bertz CT molecular complexity index is 1460. The second kappa shape index (κ2) is 12.3. The van der Waals surface area contributed by atoms with Crippen molar-refractivity contribution in [2.45, 2.75) is 102 Å². The van der Waals surface area contributed by atoms with Crippen molar-refractivity contribution in [2.75, 3.05) is 5.32 Å². The summed E-state index contributed by atoms with van der Waals surface area (Å²) in [5, 5.41) is 6.95. The summed E-state index contributed by atoms with van der Waals surface area (Å²) in [6.45, 7) is 9.97. The van der Waals surface area contributed by atoms with E-state index in [0.29, 0.717) is 42.0 Å². The number of hydrogen-bond donors (Lipinski definition) is 3. The molecule has 1 aliphatic carbocycles. The van der Waals surface area contributed by atoms with Crippen LogP contribution in [0.25, 0.3) is 0 Å². The molecule has 2 unspecified atom stereocenters. The van der Waals surface area contributed by atoms with E-state index in [9.17, 15) is 14.4 Å². The number of carbonyl (C=O) groups is 3. The summed E-state index contributed by atoms with van der Waals surface area (Å²) in [5.74, 6) is -2.42. The van der Waals surface area contributed by atoms with Crippen molar-refractivity contribution in [2.24, 2.45) is 23.0 Å². The van der Waals surface area contributed by atoms with Gasteiger partial charge in [0.1, 0.15) is 23.4 Å². The SMILES string of the molecule is CC(C)C(N)C(=O)O[C@@H]1CCC(CC(=O)[C@@H]2N[C@H](CC(C)(C)C)[C@]3(C(=O)Nc4cc(Cl)ccc43)[C@H]2c2cccc(Cl)c2F)C1. The number of hydrogen-bond acceptors (Lipinski definition) is 6. The number of anilines is 1. The van der Waals surface area contributed by atoms with Gasteiger partial charge in [0.2, 0.25) is 5.91 Å². The molecule has 44 heavy (non-hydrogen) atoms. The predicted molar refractivity (Wildman–Crippen MR) is 170 cm³/mol. The number of ether oxygens (including phenoxy) is 1. The van der Waals surface area contributed by atoms with Crippen LogP contribution in [0.1, 0.15) is 83.8 Å². The normalized spacial score (nSPS) is 28.8. The molecule has 7 atom stereocenters. The fourth-order valence-electron chi connectivity index (χ4n) is 7.45. The fourth-order valence-corrected chi connectivity index (χ4v) is 7.81. The van der Waals surface area contributed by atoms with Gasteiger partial charge in [-0.3, -0.25) is 14.4 Å². The number of ketones is 1. The molecule has 2 aromatic carbocycles. The Balaban J connectivity index is 1.52. The van der Waals surface area contributed by atoms with Gasteiger partial charge in [-0.05, 0) is 72.3 Å². The second-order valence-electron chi connectivity index (χ2n) is 14.3. The first-order valence-electron chi connectivity index (χ1n) is 15.4. The van der Waals surface area contributed by atoms with Crippen molar-refractivity contribution in [3.8, 4) is 0 Å². The smallest absolute Gasteiger partial charge is 0.323 e. The number of rotatable bonds is 8. The molecule has 10 heteroatoms. The number of fused-ring (bicyclic) bond motifs is 2. The molecule has 3 aliphatic rings. The van der Waals surface area contributed by atoms with Crippen LogP contribution in [-0.2, 0) is 24.5 Å². The number of benzene rings is 2. The van der Waals surface area contributed by atoms with Crippen molar-refractivity contribution < 1.29 is 23.5 Å². The molecule has 238 valence electrons. The van der Waals surface area contributed by atoms with Crippen LogP contribution in [0.15, 0.2) is 36.4 Å². The van der Waals surface area contributed by atoms with E-state index >= 15 is 4.39 Å². The summed E-state index contributed by atoms with van der Waals surface area (Å²) >= 11 is 12.6. The van der Waals surface area contributed by atoms with Crippen molar-refractivity contribution in [3.05, 3.63) is 63.4 Å². The fraction of sp³-hybridized carbons (Fsp3) is 0.559. The van der Waals surface area contributed by atoms with Crippen LogP contribution in [-0.4, -0.2) is 41.9 Å². The van der Waals surface area contributed by atoms with Crippen LogP contribution in [0.5, 0.6) is 0 Å². The summed E-state index contributed by atoms with van der Waals surface area (Å²) in [7, 11) is 0. The van der Waals surface area contributed by atoms with E-state index in [2.05, 4.69) is 31.4 Å². The number of Topliss-reactive ketones (excluding diaryl/α,β-unsaturated/α-hetero) is 1. The molecule has 2 aromatic rings. The van der Waals surface area contributed by atoms with Crippen LogP contribution in [0.2, 0.25) is 10.0 Å². The van der Waals surface area contributed by atoms with Crippen LogP contribution in [0.4, 0.5) is 10.1 Å². The molecule has 0 radical (unpaired) electrons. The monoisotopic (exact) mass is 645 g/mol. The van der Waals surface area contributed by atoms with Crippen LogP contribution < -0.4 is 16.4 Å². The first-order chi connectivity index (χ1) is 20.6. The maximum absolute atomic E-state index is 16.0. The molecule has 2 fully saturated rings. The van der Waals surface area contributed by atoms with Crippen molar-refractivity contribution in [3.63, 3.8) is 0 Å². The van der Waals surface area contributed by atoms with Gasteiger partial charge in [-0.2, -0.15) is 0 Å². The molecular weight excluding hydrogens is 604 g/mol. The van der Waals surface area contributed by atoms with Crippen LogP contribution >= 0.6 is 23.2 Å². The average molecular weight is 647 g/mol. The van der Waals surface area contributed by atoms with Crippen molar-refractivity contribution in [1.82, 2.24) is 5.32 Å². The summed E-state index contributed by atoms with van der Waals surface area (Å²) in [6.07, 6.45) is 2.34. The Labute approximate surface area is 268 Å². The third kappa shape index (κ3) is 6.03. The molecule has 0 aromatic heterocycles. The Hall–Kier alpha value is -2.52. The van der Waals surface area contributed by atoms with Crippen molar-refractivity contribution >= 4 is 46.5 Å². The highest BCUT2D eigenvalue weighted by molar-refractivity contribution is 6.31. The maximum Gasteiger partial charge on any atom is 0.323 e. The van der Waals surface area contributed by atoms with Gasteiger partial charge in [0.05, 0.1) is 11.1 Å². The summed E-state index contributed by atoms with van der Waals surface area (Å²) in [4.78, 5) is 41.1. The van der Waals surface area contributed by atoms with Gasteiger partial charge < -0.3 is 21.1 Å². The maximum atomic E-state index is 16.0. The zero-order valence-electron chi connectivity index (χ0n) is 25.9. The van der Waals surface area contributed by atoms with E-state index in [0.717, 1.165) is 0 Å². The molecule has 1 saturated heterocycles. The molecule has 2 aliphatic heterocycles. The highest BCUT2D eigenvalue weighted by atomic mass is 35.5. The quantitative estimate of drug-likeness (QED) is 0.281. The molecule has 1 spiro atoms. The lowest BCUT2D eigenvalue weighted by Crippen LogP contribution is -2.49. The third-order valence-electron chi connectivity index (χ3n) is 9.54. The first kappa shape index (κ1) is 32.9. The Morgan fingerprint density at radius 2 is 1.89 bits per heavy atom. The molecular formula is C34H42Cl2FN3O4. The summed E-state index contributed by atoms with van der Waals surface area (Å²) < 4.78 is 21.7. The third-order valence-corrected chi connectivity index (χ3v) is 10.1. The van der Waals surface area contributed by atoms with Gasteiger partial charge in [-0.25, -0.2) is 4.39 Å². The molecule has 4 N–H and O–H groups in total. The average Bonchev–Trinajstić information content (AvgIpc) is 3.59. The number of nitrogens with two attached hydrogens (primary N) is 1. The predicted octanol–water partition coefficient (Wildman–Crippen LogP) is 6.54. The number of amides is 1. The van der Waals surface area contributed by atoms with Gasteiger partial charge in [0.25, 0.3) is 0 Å². The van der Waals surface area contributed by atoms with Gasteiger partial charge in [0, 0.05) is 29.1 Å². The minimum absolute atomic E-state index is 0.0247. The van der Waals surface area contributed by atoms with Gasteiger partial charge >= 0.3 is 5.97 Å². The highest BCUT2D eigenvalue weighted by Gasteiger charge is 2.66. The number of nitrogens with one attached hydrogen (secondary N) is 2. The lowest BCUT2D eigenvalue weighted by Gasteiger charge is -2.37. The number of esters is 1. The molecule has 5 rings (SSSR count). The molecule has 1 amide bonds. The molecule has 0 bridgehead atoms. The minimum atomic E-state index is -1.29. The zero-order valence-corrected chi connectivity index (χ0v) is 27.4. The second-order valence-corrected chi connectivity index (χ2v) is 15.1. The lowest BCUT2D eigenvalue weighted by atomic mass is 9.62. The summed E-state index contributed by atoms with van der Waals surface area (Å²) in [6, 6.07) is 7.93.